The van der Waals surface area contributed by atoms with Gasteiger partial charge in [0.15, 0.2) is 0 Å². The molecule has 0 fully saturated rings. The topological polar surface area (TPSA) is 77.4 Å². The van der Waals surface area contributed by atoms with E-state index in [0.29, 0.717) is 12.8 Å². The molecule has 0 saturated carbocycles. The molecule has 4 nitrogen and oxygen atoms in total. The molecule has 0 amide bonds. The summed E-state index contributed by atoms with van der Waals surface area (Å²) in [4.78, 5) is 0. The van der Waals surface area contributed by atoms with E-state index < -0.39 is 21.5 Å². The molecule has 0 aromatic carbocycles. The molecule has 0 aromatic heterocycles. The van der Waals surface area contributed by atoms with E-state index in [4.69, 9.17) is 0 Å². The number of aliphatic hydroxyl groups is 1. The number of hydrogen-bond donors (Lipinski definition) is 1. The van der Waals surface area contributed by atoms with Crippen molar-refractivity contribution in [3.63, 3.8) is 0 Å². The van der Waals surface area contributed by atoms with Crippen LogP contribution in [0, 0.1) is 0 Å². The van der Waals surface area contributed by atoms with Crippen molar-refractivity contribution in [3.05, 3.63) is 0 Å². The molecule has 30 heavy (non-hydrogen) atoms. The molecule has 0 rings (SSSR count). The molecule has 2 atom stereocenters. The monoisotopic (exact) mass is 456 g/mol. The van der Waals surface area contributed by atoms with Crippen LogP contribution in [0.5, 0.6) is 0 Å². The second kappa shape index (κ2) is 23.0. The Morgan fingerprint density at radius 1 is 0.633 bits per heavy atom. The Hall–Kier alpha value is 0.870. The summed E-state index contributed by atoms with van der Waals surface area (Å²) in [6.07, 6.45) is 20.8. The van der Waals surface area contributed by atoms with Crippen LogP contribution in [-0.2, 0) is 10.1 Å². The van der Waals surface area contributed by atoms with E-state index in [9.17, 15) is 18.1 Å². The van der Waals surface area contributed by atoms with Gasteiger partial charge in [-0.25, -0.2) is 8.42 Å². The molecule has 0 spiro atoms. The van der Waals surface area contributed by atoms with Crippen molar-refractivity contribution >= 4 is 10.1 Å². The van der Waals surface area contributed by atoms with Gasteiger partial charge in [0.05, 0.1) is 21.5 Å². The van der Waals surface area contributed by atoms with Crippen LogP contribution >= 0.6 is 0 Å². The fourth-order valence-electron chi connectivity index (χ4n) is 4.00. The van der Waals surface area contributed by atoms with Gasteiger partial charge in [-0.3, -0.25) is 0 Å². The second-order valence-corrected chi connectivity index (χ2v) is 10.5. The fourth-order valence-corrected chi connectivity index (χ4v) is 4.91. The molecule has 0 aliphatic carbocycles. The van der Waals surface area contributed by atoms with E-state index in [2.05, 4.69) is 13.8 Å². The Kier molecular flexibility index (Phi) is 25.4. The van der Waals surface area contributed by atoms with Gasteiger partial charge in [-0.05, 0) is 19.3 Å². The number of hydrogen-bond acceptors (Lipinski definition) is 4. The molecule has 176 valence electrons. The van der Waals surface area contributed by atoms with Gasteiger partial charge < -0.3 is 9.66 Å². The minimum Gasteiger partial charge on any atom is -0.748 e. The summed E-state index contributed by atoms with van der Waals surface area (Å²) < 4.78 is 34.5. The summed E-state index contributed by atoms with van der Waals surface area (Å²) >= 11 is 0. The van der Waals surface area contributed by atoms with Crippen molar-refractivity contribution in [2.45, 2.75) is 154 Å². The first kappa shape index (κ1) is 33.0. The standard InChI is InChI=1S/C24H50O4S.Na/c1-3-5-7-9-10-11-12-13-14-15-17-18-20-23(25)22-24(29(26,27)28)21-19-16-8-6-4-2;/h23-25H,3-22H2,1-2H3,(H,26,27,28);/q;+1/p-1. The number of aliphatic hydroxyl groups excluding tert-OH is 1. The summed E-state index contributed by atoms with van der Waals surface area (Å²) in [5.74, 6) is 0. The van der Waals surface area contributed by atoms with Gasteiger partial charge >= 0.3 is 29.6 Å². The van der Waals surface area contributed by atoms with E-state index in [1.807, 2.05) is 0 Å². The zero-order valence-corrected chi connectivity index (χ0v) is 23.2. The normalized spacial score (nSPS) is 13.7. The summed E-state index contributed by atoms with van der Waals surface area (Å²) in [6, 6.07) is 0. The molecule has 0 aliphatic rings. The SMILES string of the molecule is CCCCCCCCCCCCCCC(O)CC(CCCCCCC)S(=O)(=O)[O-].[Na+]. The smallest absolute Gasteiger partial charge is 0.748 e. The molecule has 0 heterocycles. The third-order valence-corrected chi connectivity index (χ3v) is 7.21. The van der Waals surface area contributed by atoms with Gasteiger partial charge in [-0.1, -0.05) is 123 Å². The summed E-state index contributed by atoms with van der Waals surface area (Å²) in [5.41, 5.74) is 0. The van der Waals surface area contributed by atoms with Crippen molar-refractivity contribution in [1.29, 1.82) is 0 Å². The third kappa shape index (κ3) is 22.1. The minimum atomic E-state index is -4.32. The average molecular weight is 457 g/mol. The van der Waals surface area contributed by atoms with Gasteiger partial charge in [0.2, 0.25) is 0 Å². The fraction of sp³-hybridized carbons (Fsp3) is 1.00. The van der Waals surface area contributed by atoms with E-state index >= 15 is 0 Å². The summed E-state index contributed by atoms with van der Waals surface area (Å²) in [6.45, 7) is 4.38. The van der Waals surface area contributed by atoms with E-state index in [1.165, 1.54) is 64.2 Å². The zero-order valence-electron chi connectivity index (χ0n) is 20.4. The maximum Gasteiger partial charge on any atom is 1.00 e. The van der Waals surface area contributed by atoms with Crippen LogP contribution in [0.25, 0.3) is 0 Å². The first-order chi connectivity index (χ1) is 13.9. The van der Waals surface area contributed by atoms with E-state index in [1.54, 1.807) is 0 Å². The predicted octanol–water partition coefficient (Wildman–Crippen LogP) is 4.11. The van der Waals surface area contributed by atoms with Crippen LogP contribution in [0.3, 0.4) is 0 Å². The van der Waals surface area contributed by atoms with Gasteiger partial charge in [0.25, 0.3) is 0 Å². The molecule has 0 aliphatic heterocycles. The van der Waals surface area contributed by atoms with Gasteiger partial charge in [-0.2, -0.15) is 0 Å². The van der Waals surface area contributed by atoms with Crippen molar-refractivity contribution in [2.24, 2.45) is 0 Å². The minimum absolute atomic E-state index is 0. The van der Waals surface area contributed by atoms with E-state index in [0.717, 1.165) is 44.9 Å². The maximum absolute atomic E-state index is 11.5. The molecule has 1 N–H and O–H groups in total. The van der Waals surface area contributed by atoms with Crippen LogP contribution < -0.4 is 29.6 Å². The van der Waals surface area contributed by atoms with Gasteiger partial charge in [0.1, 0.15) is 0 Å². The molecule has 0 radical (unpaired) electrons. The number of unbranched alkanes of at least 4 members (excludes halogenated alkanes) is 15. The summed E-state index contributed by atoms with van der Waals surface area (Å²) in [5, 5.41) is 9.26. The number of rotatable bonds is 22. The summed E-state index contributed by atoms with van der Waals surface area (Å²) in [7, 11) is -4.32. The molecular weight excluding hydrogens is 407 g/mol. The van der Waals surface area contributed by atoms with Crippen molar-refractivity contribution in [1.82, 2.24) is 0 Å². The van der Waals surface area contributed by atoms with Gasteiger partial charge in [-0.15, -0.1) is 0 Å². The van der Waals surface area contributed by atoms with Crippen LogP contribution in [0.4, 0.5) is 0 Å². The maximum atomic E-state index is 11.5. The van der Waals surface area contributed by atoms with Crippen molar-refractivity contribution in [3.8, 4) is 0 Å². The molecule has 6 heteroatoms. The second-order valence-electron chi connectivity index (χ2n) is 8.88. The average Bonchev–Trinajstić information content (AvgIpc) is 2.67. The Bertz CT molecular complexity index is 442. The predicted molar refractivity (Wildman–Crippen MR) is 123 cm³/mol. The quantitative estimate of drug-likeness (QED) is 0.151. The molecule has 0 bridgehead atoms. The van der Waals surface area contributed by atoms with Gasteiger partial charge in [0, 0.05) is 0 Å². The molecule has 0 aromatic rings. The first-order valence-electron chi connectivity index (χ1n) is 12.5. The molecule has 2 unspecified atom stereocenters. The van der Waals surface area contributed by atoms with E-state index in [-0.39, 0.29) is 36.0 Å². The van der Waals surface area contributed by atoms with Crippen LogP contribution in [0.1, 0.15) is 142 Å². The Morgan fingerprint density at radius 2 is 0.967 bits per heavy atom. The van der Waals surface area contributed by atoms with Crippen molar-refractivity contribution in [2.75, 3.05) is 0 Å². The molecular formula is C24H49NaO4S. The first-order valence-corrected chi connectivity index (χ1v) is 14.0. The molecule has 0 saturated heterocycles. The largest absolute Gasteiger partial charge is 1.00 e. The Balaban J connectivity index is 0. The zero-order chi connectivity index (χ0) is 21.8. The Morgan fingerprint density at radius 3 is 1.33 bits per heavy atom. The van der Waals surface area contributed by atoms with Crippen LogP contribution in [0.15, 0.2) is 0 Å². The van der Waals surface area contributed by atoms with Crippen LogP contribution in [-0.4, -0.2) is 29.4 Å². The third-order valence-electron chi connectivity index (χ3n) is 5.96. The van der Waals surface area contributed by atoms with Crippen LogP contribution in [0.2, 0.25) is 0 Å². The Labute approximate surface area is 210 Å². The van der Waals surface area contributed by atoms with Crippen molar-refractivity contribution < 1.29 is 47.6 Å².